The van der Waals surface area contributed by atoms with E-state index in [0.29, 0.717) is 30.2 Å². The molecule has 184 valence electrons. The van der Waals surface area contributed by atoms with E-state index in [1.165, 1.54) is 0 Å². The van der Waals surface area contributed by atoms with Crippen LogP contribution in [0, 0.1) is 0 Å². The Hall–Kier alpha value is -3.91. The van der Waals surface area contributed by atoms with Gasteiger partial charge in [-0.25, -0.2) is 19.6 Å². The summed E-state index contributed by atoms with van der Waals surface area (Å²) in [6.45, 7) is 5.13. The van der Waals surface area contributed by atoms with Crippen LogP contribution in [0.4, 0.5) is 0 Å². The topological polar surface area (TPSA) is 99.1 Å². The van der Waals surface area contributed by atoms with Crippen molar-refractivity contribution in [1.82, 2.24) is 19.5 Å². The number of hydrogen-bond acceptors (Lipinski definition) is 6. The van der Waals surface area contributed by atoms with Crippen LogP contribution in [0.15, 0.2) is 86.0 Å². The lowest BCUT2D eigenvalue weighted by atomic mass is 10.1. The van der Waals surface area contributed by atoms with E-state index in [2.05, 4.69) is 15.0 Å². The number of ether oxygens (including phenoxy) is 2. The molecule has 2 aromatic carbocycles. The van der Waals surface area contributed by atoms with Gasteiger partial charge in [-0.1, -0.05) is 24.3 Å². The van der Waals surface area contributed by atoms with Crippen LogP contribution >= 0.6 is 11.6 Å². The minimum Gasteiger partial charge on any atom is -0.462 e. The Bertz CT molecular complexity index is 1080. The van der Waals surface area contributed by atoms with E-state index >= 15 is 0 Å². The van der Waals surface area contributed by atoms with E-state index in [9.17, 15) is 9.59 Å². The average Bonchev–Trinajstić information content (AvgIpc) is 3.63. The third-order valence-electron chi connectivity index (χ3n) is 4.41. The molecule has 0 radical (unpaired) electrons. The molecule has 4 rings (SSSR count). The molecule has 1 N–H and O–H groups in total. The van der Waals surface area contributed by atoms with E-state index in [1.807, 2.05) is 35.0 Å². The number of carbonyl (C=O) groups excluding carboxylic acids is 2. The highest BCUT2D eigenvalue weighted by atomic mass is 35.5. The lowest BCUT2D eigenvalue weighted by Gasteiger charge is -2.04. The highest BCUT2D eigenvalue weighted by Crippen LogP contribution is 2.08. The van der Waals surface area contributed by atoms with Gasteiger partial charge >= 0.3 is 11.9 Å². The fraction of sp³-hybridized carbons (Fsp3) is 0.231. The lowest BCUT2D eigenvalue weighted by Crippen LogP contribution is -2.05. The maximum absolute atomic E-state index is 11.4. The number of esters is 2. The van der Waals surface area contributed by atoms with Crippen LogP contribution in [0.5, 0.6) is 0 Å². The van der Waals surface area contributed by atoms with Crippen molar-refractivity contribution in [1.29, 1.82) is 0 Å². The van der Waals surface area contributed by atoms with Crippen LogP contribution in [-0.2, 0) is 21.9 Å². The smallest absolute Gasteiger partial charge is 0.338 e. The normalized spacial score (nSPS) is 9.69. The molecule has 0 amide bonds. The van der Waals surface area contributed by atoms with Gasteiger partial charge in [0.25, 0.3) is 0 Å². The van der Waals surface area contributed by atoms with Crippen molar-refractivity contribution in [3.8, 4) is 0 Å². The van der Waals surface area contributed by atoms with Crippen LogP contribution in [0.2, 0.25) is 0 Å². The van der Waals surface area contributed by atoms with Crippen molar-refractivity contribution in [2.24, 2.45) is 0 Å². The quantitative estimate of drug-likeness (QED) is 0.281. The number of rotatable bonds is 7. The third kappa shape index (κ3) is 10.3. The first kappa shape index (κ1) is 27.3. The largest absolute Gasteiger partial charge is 0.462 e. The third-order valence-corrected chi connectivity index (χ3v) is 4.72. The summed E-state index contributed by atoms with van der Waals surface area (Å²) < 4.78 is 11.7. The first-order chi connectivity index (χ1) is 17.1. The maximum atomic E-state index is 11.4. The van der Waals surface area contributed by atoms with Crippen molar-refractivity contribution in [3.63, 3.8) is 0 Å². The van der Waals surface area contributed by atoms with Gasteiger partial charge in [-0.3, -0.25) is 0 Å². The summed E-state index contributed by atoms with van der Waals surface area (Å²) >= 11 is 5.60. The van der Waals surface area contributed by atoms with Gasteiger partial charge in [-0.15, -0.1) is 11.6 Å². The molecule has 35 heavy (non-hydrogen) atoms. The second kappa shape index (κ2) is 15.8. The second-order valence-electron chi connectivity index (χ2n) is 6.96. The minimum atomic E-state index is -0.288. The van der Waals surface area contributed by atoms with Crippen LogP contribution < -0.4 is 0 Å². The number of aromatic amines is 1. The monoisotopic (exact) mass is 496 g/mol. The Balaban J connectivity index is 0.000000211. The van der Waals surface area contributed by atoms with Gasteiger partial charge < -0.3 is 19.0 Å². The van der Waals surface area contributed by atoms with Crippen LogP contribution in [0.25, 0.3) is 0 Å². The first-order valence-electron chi connectivity index (χ1n) is 11.0. The molecule has 0 aliphatic heterocycles. The summed E-state index contributed by atoms with van der Waals surface area (Å²) in [5.74, 6) is -0.103. The molecule has 2 aromatic heterocycles. The first-order valence-corrected chi connectivity index (χ1v) is 11.6. The summed E-state index contributed by atoms with van der Waals surface area (Å²) in [6.07, 6.45) is 10.5. The molecule has 0 bridgehead atoms. The summed E-state index contributed by atoms with van der Waals surface area (Å²) in [5.41, 5.74) is 3.27. The van der Waals surface area contributed by atoms with Gasteiger partial charge in [0.05, 0.1) is 37.0 Å². The molecule has 0 atom stereocenters. The van der Waals surface area contributed by atoms with Crippen molar-refractivity contribution >= 4 is 23.5 Å². The SMILES string of the molecule is CCOC(=O)c1ccc(CCl)cc1.CCOC(=O)c1ccc(Cn2ccnc2)cc1.c1c[nH]cn1. The summed E-state index contributed by atoms with van der Waals surface area (Å²) in [7, 11) is 0. The number of imidazole rings is 2. The molecule has 0 aliphatic carbocycles. The Kier molecular flexibility index (Phi) is 12.4. The number of halogens is 1. The summed E-state index contributed by atoms with van der Waals surface area (Å²) in [5, 5.41) is 0. The molecular weight excluding hydrogens is 468 g/mol. The van der Waals surface area contributed by atoms with Crippen LogP contribution in [0.1, 0.15) is 45.7 Å². The van der Waals surface area contributed by atoms with E-state index in [4.69, 9.17) is 21.1 Å². The molecule has 0 unspecified atom stereocenters. The van der Waals surface area contributed by atoms with Gasteiger partial charge in [0.15, 0.2) is 0 Å². The number of nitrogens with one attached hydrogen (secondary N) is 1. The molecule has 4 aromatic rings. The number of hydrogen-bond donors (Lipinski definition) is 1. The van der Waals surface area contributed by atoms with Crippen molar-refractivity contribution in [2.75, 3.05) is 13.2 Å². The van der Waals surface area contributed by atoms with Gasteiger partial charge in [-0.2, -0.15) is 0 Å². The number of nitrogens with zero attached hydrogens (tertiary/aromatic N) is 3. The molecule has 0 fully saturated rings. The van der Waals surface area contributed by atoms with E-state index in [-0.39, 0.29) is 11.9 Å². The second-order valence-corrected chi connectivity index (χ2v) is 7.23. The highest BCUT2D eigenvalue weighted by Gasteiger charge is 2.06. The van der Waals surface area contributed by atoms with E-state index < -0.39 is 0 Å². The molecule has 0 saturated carbocycles. The van der Waals surface area contributed by atoms with Gasteiger partial charge in [0.1, 0.15) is 0 Å². The Labute approximate surface area is 209 Å². The van der Waals surface area contributed by atoms with Gasteiger partial charge in [0.2, 0.25) is 0 Å². The van der Waals surface area contributed by atoms with Crippen molar-refractivity contribution < 1.29 is 19.1 Å². The van der Waals surface area contributed by atoms with Crippen LogP contribution in [-0.4, -0.2) is 44.7 Å². The number of H-pyrrole nitrogens is 1. The number of aromatic nitrogens is 4. The van der Waals surface area contributed by atoms with Crippen molar-refractivity contribution in [3.05, 3.63) is 108 Å². The van der Waals surface area contributed by atoms with Crippen molar-refractivity contribution in [2.45, 2.75) is 26.3 Å². The minimum absolute atomic E-state index is 0.276. The Morgan fingerprint density at radius 1 is 0.857 bits per heavy atom. The fourth-order valence-electron chi connectivity index (χ4n) is 2.71. The zero-order valence-electron chi connectivity index (χ0n) is 19.8. The maximum Gasteiger partial charge on any atom is 0.338 e. The Morgan fingerprint density at radius 2 is 1.43 bits per heavy atom. The molecule has 0 saturated heterocycles. The number of carbonyl (C=O) groups is 2. The van der Waals surface area contributed by atoms with Gasteiger partial charge in [0, 0.05) is 37.2 Å². The fourth-order valence-corrected chi connectivity index (χ4v) is 2.89. The number of benzene rings is 2. The molecule has 8 nitrogen and oxygen atoms in total. The molecule has 9 heteroatoms. The standard InChI is InChI=1S/C13H14N2O2.C10H11ClO2.C3H4N2/c1-2-17-13(16)12-5-3-11(4-6-12)9-15-8-7-14-10-15;1-2-13-10(12)9-5-3-8(7-11)4-6-9;1-2-5-3-4-1/h3-8,10H,2,9H2,1H3;3-6H,2,7H2,1H3;1-3H,(H,4,5). The number of alkyl halides is 1. The molecular formula is C26H29ClN4O4. The van der Waals surface area contributed by atoms with Gasteiger partial charge in [-0.05, 0) is 49.2 Å². The molecule has 2 heterocycles. The van der Waals surface area contributed by atoms with E-state index in [0.717, 1.165) is 17.7 Å². The zero-order valence-corrected chi connectivity index (χ0v) is 20.5. The summed E-state index contributed by atoms with van der Waals surface area (Å²) in [4.78, 5) is 33.0. The van der Waals surface area contributed by atoms with Crippen LogP contribution in [0.3, 0.4) is 0 Å². The lowest BCUT2D eigenvalue weighted by molar-refractivity contribution is 0.0516. The predicted molar refractivity (Wildman–Crippen MR) is 134 cm³/mol. The molecule has 0 spiro atoms. The molecule has 0 aliphatic rings. The predicted octanol–water partition coefficient (Wildman–Crippen LogP) is 5.12. The summed E-state index contributed by atoms with van der Waals surface area (Å²) in [6, 6.07) is 14.5. The average molecular weight is 497 g/mol. The zero-order chi connectivity index (χ0) is 25.3. The Morgan fingerprint density at radius 3 is 1.80 bits per heavy atom. The highest BCUT2D eigenvalue weighted by molar-refractivity contribution is 6.17. The van der Waals surface area contributed by atoms with E-state index in [1.54, 1.807) is 69.4 Å².